The summed E-state index contributed by atoms with van der Waals surface area (Å²) in [5.74, 6) is 0. The predicted octanol–water partition coefficient (Wildman–Crippen LogP) is 2.80. The molecule has 3 heterocycles. The van der Waals surface area contributed by atoms with Gasteiger partial charge in [-0.15, -0.1) is 0 Å². The van der Waals surface area contributed by atoms with Crippen LogP contribution in [0.5, 0.6) is 0 Å². The third-order valence-electron chi connectivity index (χ3n) is 5.26. The van der Waals surface area contributed by atoms with Gasteiger partial charge < -0.3 is 19.5 Å². The third kappa shape index (κ3) is 2.95. The van der Waals surface area contributed by atoms with Crippen molar-refractivity contribution in [2.24, 2.45) is 0 Å². The second-order valence-electron chi connectivity index (χ2n) is 7.34. The first-order valence-corrected chi connectivity index (χ1v) is 8.07. The lowest BCUT2D eigenvalue weighted by atomic mass is 9.90. The van der Waals surface area contributed by atoms with Crippen LogP contribution in [0.2, 0.25) is 0 Å². The smallest absolute Gasteiger partial charge is 0.407 e. The van der Waals surface area contributed by atoms with Crippen LogP contribution in [0.1, 0.15) is 58.4 Å². The van der Waals surface area contributed by atoms with Crippen LogP contribution in [0.15, 0.2) is 12.4 Å². The maximum atomic E-state index is 11.0. The molecular weight excluding hydrogens is 298 g/mol. The van der Waals surface area contributed by atoms with Crippen LogP contribution < -0.4 is 0 Å². The van der Waals surface area contributed by atoms with Gasteiger partial charge in [0.05, 0.1) is 23.4 Å². The quantitative estimate of drug-likeness (QED) is 0.905. The fraction of sp³-hybridized carbons (Fsp3) is 0.750. The number of carbonyl (C=O) groups is 1. The molecule has 2 fully saturated rings. The Labute approximate surface area is 136 Å². The molecule has 0 atom stereocenters. The second-order valence-corrected chi connectivity index (χ2v) is 7.34. The van der Waals surface area contributed by atoms with Crippen molar-refractivity contribution in [1.29, 1.82) is 0 Å². The summed E-state index contributed by atoms with van der Waals surface area (Å²) in [5.41, 5.74) is 0.170. The highest BCUT2D eigenvalue weighted by Crippen LogP contribution is 2.44. The molecule has 1 amide bonds. The third-order valence-corrected chi connectivity index (χ3v) is 5.26. The Morgan fingerprint density at radius 1 is 1.22 bits per heavy atom. The lowest BCUT2D eigenvalue weighted by Gasteiger charge is -2.30. The van der Waals surface area contributed by atoms with E-state index < -0.39 is 12.4 Å². The van der Waals surface area contributed by atoms with E-state index in [0.29, 0.717) is 13.1 Å². The molecule has 1 aromatic heterocycles. The zero-order valence-electron chi connectivity index (χ0n) is 14.2. The molecule has 2 aliphatic heterocycles. The molecule has 1 aromatic rings. The van der Waals surface area contributed by atoms with Crippen LogP contribution in [0.3, 0.4) is 0 Å². The van der Waals surface area contributed by atoms with Crippen LogP contribution in [0.4, 0.5) is 4.79 Å². The number of ether oxygens (including phenoxy) is 2. The fourth-order valence-corrected chi connectivity index (χ4v) is 2.97. The summed E-state index contributed by atoms with van der Waals surface area (Å²) in [6.07, 6.45) is 4.04. The second kappa shape index (κ2) is 5.49. The minimum Gasteiger partial charge on any atom is -0.465 e. The topological polar surface area (TPSA) is 76.8 Å². The van der Waals surface area contributed by atoms with E-state index >= 15 is 0 Å². The first kappa shape index (κ1) is 16.3. The predicted molar refractivity (Wildman–Crippen MR) is 83.2 cm³/mol. The maximum Gasteiger partial charge on any atom is 0.407 e. The van der Waals surface area contributed by atoms with Crippen LogP contribution in [-0.4, -0.2) is 50.2 Å². The largest absolute Gasteiger partial charge is 0.465 e. The first-order chi connectivity index (χ1) is 10.7. The normalized spacial score (nSPS) is 25.0. The Morgan fingerprint density at radius 2 is 1.78 bits per heavy atom. The van der Waals surface area contributed by atoms with Gasteiger partial charge in [0.25, 0.3) is 0 Å². The lowest BCUT2D eigenvalue weighted by molar-refractivity contribution is -0.0896. The summed E-state index contributed by atoms with van der Waals surface area (Å²) in [6.45, 7) is 9.20. The SMILES string of the molecule is CC1(C)OC(c2cnn(C3CCN(C(=O)O)CC3)c2)OC1(C)C. The maximum absolute atomic E-state index is 11.0. The monoisotopic (exact) mass is 323 g/mol. The van der Waals surface area contributed by atoms with Gasteiger partial charge in [-0.2, -0.15) is 5.10 Å². The molecular formula is C16H25N3O4. The molecule has 1 N–H and O–H groups in total. The van der Waals surface area contributed by atoms with E-state index in [9.17, 15) is 4.79 Å². The van der Waals surface area contributed by atoms with Gasteiger partial charge in [-0.3, -0.25) is 4.68 Å². The molecule has 7 heteroatoms. The van der Waals surface area contributed by atoms with E-state index in [1.165, 1.54) is 4.90 Å². The van der Waals surface area contributed by atoms with Gasteiger partial charge in [0, 0.05) is 24.8 Å². The van der Waals surface area contributed by atoms with Crippen molar-refractivity contribution in [2.75, 3.05) is 13.1 Å². The van der Waals surface area contributed by atoms with Crippen LogP contribution in [-0.2, 0) is 9.47 Å². The van der Waals surface area contributed by atoms with Gasteiger partial charge in [-0.05, 0) is 40.5 Å². The molecule has 0 bridgehead atoms. The molecule has 0 aromatic carbocycles. The highest BCUT2D eigenvalue weighted by molar-refractivity contribution is 5.64. The number of piperidine rings is 1. The summed E-state index contributed by atoms with van der Waals surface area (Å²) in [4.78, 5) is 12.4. The van der Waals surface area contributed by atoms with Crippen LogP contribution in [0, 0.1) is 0 Å². The molecule has 128 valence electrons. The Morgan fingerprint density at radius 3 is 2.30 bits per heavy atom. The van der Waals surface area contributed by atoms with Crippen molar-refractivity contribution in [3.8, 4) is 0 Å². The summed E-state index contributed by atoms with van der Waals surface area (Å²) in [7, 11) is 0. The zero-order valence-corrected chi connectivity index (χ0v) is 14.2. The summed E-state index contributed by atoms with van der Waals surface area (Å²) < 4.78 is 14.0. The molecule has 0 radical (unpaired) electrons. The standard InChI is InChI=1S/C16H25N3O4/c1-15(2)16(3,4)23-13(22-15)11-9-17-19(10-11)12-5-7-18(8-6-12)14(20)21/h9-10,12-13H,5-8H2,1-4H3,(H,20,21). The molecule has 2 aliphatic rings. The van der Waals surface area contributed by atoms with E-state index in [1.54, 1.807) is 6.20 Å². The van der Waals surface area contributed by atoms with Gasteiger partial charge >= 0.3 is 6.09 Å². The van der Waals surface area contributed by atoms with E-state index in [2.05, 4.69) is 5.10 Å². The average Bonchev–Trinajstić information content (AvgIpc) is 3.02. The van der Waals surface area contributed by atoms with Crippen molar-refractivity contribution in [3.05, 3.63) is 18.0 Å². The van der Waals surface area contributed by atoms with Gasteiger partial charge in [-0.25, -0.2) is 4.79 Å². The number of hydrogen-bond donors (Lipinski definition) is 1. The molecule has 0 spiro atoms. The zero-order chi connectivity index (χ0) is 16.8. The lowest BCUT2D eigenvalue weighted by Crippen LogP contribution is -2.41. The highest BCUT2D eigenvalue weighted by Gasteiger charge is 2.49. The van der Waals surface area contributed by atoms with Crippen molar-refractivity contribution >= 4 is 6.09 Å². The Kier molecular flexibility index (Phi) is 3.88. The molecule has 0 saturated carbocycles. The van der Waals surface area contributed by atoms with Gasteiger partial charge in [0.2, 0.25) is 0 Å². The Bertz CT molecular complexity index is 572. The van der Waals surface area contributed by atoms with Crippen LogP contribution >= 0.6 is 0 Å². The average molecular weight is 323 g/mol. The number of aromatic nitrogens is 2. The Hall–Kier alpha value is -1.60. The van der Waals surface area contributed by atoms with E-state index in [-0.39, 0.29) is 17.2 Å². The van der Waals surface area contributed by atoms with Crippen molar-refractivity contribution in [1.82, 2.24) is 14.7 Å². The summed E-state index contributed by atoms with van der Waals surface area (Å²) in [6, 6.07) is 0.224. The molecule has 0 aliphatic carbocycles. The summed E-state index contributed by atoms with van der Waals surface area (Å²) >= 11 is 0. The molecule has 7 nitrogen and oxygen atoms in total. The van der Waals surface area contributed by atoms with Gasteiger partial charge in [-0.1, -0.05) is 0 Å². The van der Waals surface area contributed by atoms with E-state index in [4.69, 9.17) is 14.6 Å². The number of amides is 1. The number of likely N-dealkylation sites (tertiary alicyclic amines) is 1. The highest BCUT2D eigenvalue weighted by atomic mass is 16.7. The van der Waals surface area contributed by atoms with E-state index in [0.717, 1.165) is 18.4 Å². The molecule has 3 rings (SSSR count). The Balaban J connectivity index is 1.67. The van der Waals surface area contributed by atoms with Crippen molar-refractivity contribution < 1.29 is 19.4 Å². The minimum atomic E-state index is -0.846. The minimum absolute atomic E-state index is 0.224. The molecule has 2 saturated heterocycles. The van der Waals surface area contributed by atoms with Crippen LogP contribution in [0.25, 0.3) is 0 Å². The van der Waals surface area contributed by atoms with Crippen molar-refractivity contribution in [3.63, 3.8) is 0 Å². The van der Waals surface area contributed by atoms with E-state index in [1.807, 2.05) is 38.6 Å². The number of nitrogens with zero attached hydrogens (tertiary/aromatic N) is 3. The molecule has 0 unspecified atom stereocenters. The van der Waals surface area contributed by atoms with Gasteiger partial charge in [0.15, 0.2) is 6.29 Å². The summed E-state index contributed by atoms with van der Waals surface area (Å²) in [5, 5.41) is 13.5. The number of hydrogen-bond acceptors (Lipinski definition) is 4. The first-order valence-electron chi connectivity index (χ1n) is 8.07. The molecule has 23 heavy (non-hydrogen) atoms. The number of rotatable bonds is 2. The number of carboxylic acid groups (broad SMARTS) is 1. The fourth-order valence-electron chi connectivity index (χ4n) is 2.97. The van der Waals surface area contributed by atoms with Crippen molar-refractivity contribution in [2.45, 2.75) is 64.1 Å². The van der Waals surface area contributed by atoms with Gasteiger partial charge in [0.1, 0.15) is 0 Å².